The summed E-state index contributed by atoms with van der Waals surface area (Å²) in [5, 5.41) is 13.2. The van der Waals surface area contributed by atoms with Crippen molar-refractivity contribution in [3.63, 3.8) is 0 Å². The maximum absolute atomic E-state index is 11.6. The van der Waals surface area contributed by atoms with Crippen LogP contribution in [0.25, 0.3) is 10.8 Å². The van der Waals surface area contributed by atoms with E-state index in [0.29, 0.717) is 10.8 Å². The van der Waals surface area contributed by atoms with Crippen molar-refractivity contribution in [3.05, 3.63) is 29.5 Å². The van der Waals surface area contributed by atoms with Crippen LogP contribution in [-0.2, 0) is 4.79 Å². The second-order valence-corrected chi connectivity index (χ2v) is 4.27. The molecule has 0 saturated carbocycles. The number of aliphatic carboxylic acids is 1. The Morgan fingerprint density at radius 1 is 1.50 bits per heavy atom. The van der Waals surface area contributed by atoms with E-state index >= 15 is 0 Å². The number of hydrogen-bond donors (Lipinski definition) is 2. The molecule has 2 rings (SSSR count). The van der Waals surface area contributed by atoms with Crippen molar-refractivity contribution in [1.29, 1.82) is 0 Å². The summed E-state index contributed by atoms with van der Waals surface area (Å²) in [7, 11) is 0. The number of carboxylic acid groups (broad SMARTS) is 1. The Hall–Kier alpha value is -2.15. The standard InChI is InChI=1S/C11H10N2O4S/c14-9(15)3-4-12-10(16)7-6-18-11(13-7)8-2-1-5-17-8/h1-2,5-6H,3-4H2,(H,12,16)(H,14,15). The summed E-state index contributed by atoms with van der Waals surface area (Å²) in [6.07, 6.45) is 1.42. The highest BCUT2D eigenvalue weighted by atomic mass is 32.1. The lowest BCUT2D eigenvalue weighted by Gasteiger charge is -1.99. The van der Waals surface area contributed by atoms with E-state index in [1.165, 1.54) is 17.6 Å². The van der Waals surface area contributed by atoms with Crippen LogP contribution in [0.2, 0.25) is 0 Å². The fourth-order valence-electron chi connectivity index (χ4n) is 1.26. The lowest BCUT2D eigenvalue weighted by molar-refractivity contribution is -0.136. The molecule has 0 aliphatic rings. The summed E-state index contributed by atoms with van der Waals surface area (Å²) >= 11 is 1.29. The van der Waals surface area contributed by atoms with Gasteiger partial charge >= 0.3 is 5.97 Å². The minimum absolute atomic E-state index is 0.0851. The number of carbonyl (C=O) groups excluding carboxylic acids is 1. The van der Waals surface area contributed by atoms with Crippen molar-refractivity contribution < 1.29 is 19.1 Å². The first-order chi connectivity index (χ1) is 8.66. The second-order valence-electron chi connectivity index (χ2n) is 3.41. The lowest BCUT2D eigenvalue weighted by Crippen LogP contribution is -2.26. The van der Waals surface area contributed by atoms with E-state index in [0.717, 1.165) is 0 Å². The molecule has 18 heavy (non-hydrogen) atoms. The number of rotatable bonds is 5. The zero-order valence-corrected chi connectivity index (χ0v) is 10.1. The zero-order chi connectivity index (χ0) is 13.0. The van der Waals surface area contributed by atoms with Crippen LogP contribution >= 0.6 is 11.3 Å². The molecule has 0 radical (unpaired) electrons. The normalized spacial score (nSPS) is 10.2. The molecule has 0 unspecified atom stereocenters. The van der Waals surface area contributed by atoms with Crippen LogP contribution in [0.1, 0.15) is 16.9 Å². The van der Waals surface area contributed by atoms with Crippen LogP contribution in [0, 0.1) is 0 Å². The maximum atomic E-state index is 11.6. The molecule has 94 valence electrons. The Labute approximate surface area is 106 Å². The van der Waals surface area contributed by atoms with Gasteiger partial charge in [-0.3, -0.25) is 9.59 Å². The Bertz CT molecular complexity index is 547. The van der Waals surface area contributed by atoms with Gasteiger partial charge in [0.25, 0.3) is 5.91 Å². The summed E-state index contributed by atoms with van der Waals surface area (Å²) in [6, 6.07) is 3.49. The van der Waals surface area contributed by atoms with Gasteiger partial charge < -0.3 is 14.8 Å². The molecule has 0 aromatic carbocycles. The predicted octanol–water partition coefficient (Wildman–Crippen LogP) is 1.61. The molecule has 7 heteroatoms. The van der Waals surface area contributed by atoms with E-state index in [1.807, 2.05) is 0 Å². The second kappa shape index (κ2) is 5.46. The summed E-state index contributed by atoms with van der Waals surface area (Å²) in [5.74, 6) is -0.736. The van der Waals surface area contributed by atoms with Crippen LogP contribution in [0.3, 0.4) is 0 Å². The van der Waals surface area contributed by atoms with Gasteiger partial charge in [0.15, 0.2) is 10.8 Å². The van der Waals surface area contributed by atoms with Gasteiger partial charge in [-0.15, -0.1) is 11.3 Å². The summed E-state index contributed by atoms with van der Waals surface area (Å²) in [5.41, 5.74) is 0.261. The Balaban J connectivity index is 1.97. The molecule has 0 atom stereocenters. The number of amides is 1. The van der Waals surface area contributed by atoms with Crippen molar-refractivity contribution in [2.24, 2.45) is 0 Å². The Morgan fingerprint density at radius 2 is 2.33 bits per heavy atom. The van der Waals surface area contributed by atoms with Crippen LogP contribution in [-0.4, -0.2) is 28.5 Å². The van der Waals surface area contributed by atoms with Gasteiger partial charge in [-0.25, -0.2) is 4.98 Å². The number of nitrogens with one attached hydrogen (secondary N) is 1. The lowest BCUT2D eigenvalue weighted by atomic mass is 10.4. The third-order valence-corrected chi connectivity index (χ3v) is 2.95. The van der Waals surface area contributed by atoms with E-state index in [1.54, 1.807) is 17.5 Å². The first-order valence-electron chi connectivity index (χ1n) is 5.16. The van der Waals surface area contributed by atoms with Gasteiger partial charge in [0.2, 0.25) is 0 Å². The molecule has 2 N–H and O–H groups in total. The van der Waals surface area contributed by atoms with Crippen molar-refractivity contribution in [1.82, 2.24) is 10.3 Å². The average molecular weight is 266 g/mol. The SMILES string of the molecule is O=C(O)CCNC(=O)c1csc(-c2ccco2)n1. The molecule has 1 amide bonds. The van der Waals surface area contributed by atoms with Gasteiger partial charge in [0.05, 0.1) is 12.7 Å². The van der Waals surface area contributed by atoms with Crippen LogP contribution in [0.15, 0.2) is 28.2 Å². The molecule has 0 aliphatic carbocycles. The van der Waals surface area contributed by atoms with E-state index in [9.17, 15) is 9.59 Å². The highest BCUT2D eigenvalue weighted by Crippen LogP contribution is 2.23. The minimum atomic E-state index is -0.954. The van der Waals surface area contributed by atoms with Crippen molar-refractivity contribution in [2.75, 3.05) is 6.54 Å². The average Bonchev–Trinajstić information content (AvgIpc) is 2.99. The fourth-order valence-corrected chi connectivity index (χ4v) is 2.03. The molecule has 2 aromatic rings. The molecular weight excluding hydrogens is 256 g/mol. The van der Waals surface area contributed by atoms with E-state index in [4.69, 9.17) is 9.52 Å². The Kier molecular flexibility index (Phi) is 3.73. The smallest absolute Gasteiger partial charge is 0.305 e. The van der Waals surface area contributed by atoms with Gasteiger partial charge in [-0.2, -0.15) is 0 Å². The van der Waals surface area contributed by atoms with Crippen LogP contribution in [0.4, 0.5) is 0 Å². The number of carbonyl (C=O) groups is 2. The minimum Gasteiger partial charge on any atom is -0.481 e. The number of thiazole rings is 1. The monoisotopic (exact) mass is 266 g/mol. The number of furan rings is 1. The van der Waals surface area contributed by atoms with Crippen LogP contribution in [0.5, 0.6) is 0 Å². The number of aromatic nitrogens is 1. The number of carboxylic acids is 1. The molecule has 0 fully saturated rings. The first kappa shape index (κ1) is 12.3. The molecule has 0 bridgehead atoms. The molecule has 2 aromatic heterocycles. The number of nitrogens with zero attached hydrogens (tertiary/aromatic N) is 1. The van der Waals surface area contributed by atoms with Crippen LogP contribution < -0.4 is 5.32 Å². The van der Waals surface area contributed by atoms with Gasteiger partial charge in [0.1, 0.15) is 5.69 Å². The molecule has 2 heterocycles. The van der Waals surface area contributed by atoms with Gasteiger partial charge in [-0.05, 0) is 12.1 Å². The molecule has 0 saturated heterocycles. The van der Waals surface area contributed by atoms with E-state index in [2.05, 4.69) is 10.3 Å². The third-order valence-electron chi connectivity index (χ3n) is 2.09. The fraction of sp³-hybridized carbons (Fsp3) is 0.182. The molecule has 6 nitrogen and oxygen atoms in total. The Morgan fingerprint density at radius 3 is 3.00 bits per heavy atom. The van der Waals surface area contributed by atoms with Gasteiger partial charge in [0, 0.05) is 11.9 Å². The molecule has 0 spiro atoms. The zero-order valence-electron chi connectivity index (χ0n) is 9.25. The maximum Gasteiger partial charge on any atom is 0.305 e. The summed E-state index contributed by atoms with van der Waals surface area (Å²) in [4.78, 5) is 26.0. The van der Waals surface area contributed by atoms with E-state index < -0.39 is 5.97 Å². The largest absolute Gasteiger partial charge is 0.481 e. The van der Waals surface area contributed by atoms with Crippen molar-refractivity contribution >= 4 is 23.2 Å². The first-order valence-corrected chi connectivity index (χ1v) is 6.04. The van der Waals surface area contributed by atoms with E-state index in [-0.39, 0.29) is 24.6 Å². The van der Waals surface area contributed by atoms with Crippen molar-refractivity contribution in [2.45, 2.75) is 6.42 Å². The highest BCUT2D eigenvalue weighted by molar-refractivity contribution is 7.13. The number of hydrogen-bond acceptors (Lipinski definition) is 5. The van der Waals surface area contributed by atoms with Gasteiger partial charge in [-0.1, -0.05) is 0 Å². The molecular formula is C11H10N2O4S. The highest BCUT2D eigenvalue weighted by Gasteiger charge is 2.12. The van der Waals surface area contributed by atoms with Crippen molar-refractivity contribution in [3.8, 4) is 10.8 Å². The quantitative estimate of drug-likeness (QED) is 0.857. The summed E-state index contributed by atoms with van der Waals surface area (Å²) < 4.78 is 5.16. The third kappa shape index (κ3) is 2.95. The predicted molar refractivity (Wildman–Crippen MR) is 64.4 cm³/mol. The summed E-state index contributed by atoms with van der Waals surface area (Å²) in [6.45, 7) is 0.0851. The molecule has 0 aliphatic heterocycles. The topological polar surface area (TPSA) is 92.4 Å².